The summed E-state index contributed by atoms with van der Waals surface area (Å²) in [7, 11) is -4.21. The fourth-order valence-corrected chi connectivity index (χ4v) is 7.92. The molecule has 1 saturated carbocycles. The number of benzene rings is 4. The Morgan fingerprint density at radius 2 is 1.55 bits per heavy atom. The van der Waals surface area contributed by atoms with Crippen molar-refractivity contribution in [1.82, 2.24) is 10.2 Å². The Bertz CT molecular complexity index is 1790. The van der Waals surface area contributed by atoms with E-state index in [-0.39, 0.29) is 29.8 Å². The first-order valence-corrected chi connectivity index (χ1v) is 19.1. The first-order chi connectivity index (χ1) is 23.6. The zero-order valence-corrected chi connectivity index (χ0v) is 30.5. The number of nitrogens with one attached hydrogen (secondary N) is 1. The molecule has 0 heterocycles. The number of carbonyl (C=O) groups is 2. The highest BCUT2D eigenvalue weighted by Crippen LogP contribution is 2.28. The highest BCUT2D eigenvalue weighted by molar-refractivity contribution is 9.10. The lowest BCUT2D eigenvalue weighted by molar-refractivity contribution is -0.140. The molecule has 8 nitrogen and oxygen atoms in total. The van der Waals surface area contributed by atoms with Crippen molar-refractivity contribution in [3.63, 3.8) is 0 Å². The van der Waals surface area contributed by atoms with Gasteiger partial charge in [0.25, 0.3) is 10.0 Å². The molecule has 1 aliphatic rings. The van der Waals surface area contributed by atoms with Crippen LogP contribution in [0.25, 0.3) is 0 Å². The average molecular weight is 747 g/mol. The first kappa shape index (κ1) is 36.1. The third-order valence-electron chi connectivity index (χ3n) is 8.77. The highest BCUT2D eigenvalue weighted by atomic mass is 79.9. The number of aryl methyl sites for hydroxylation is 1. The van der Waals surface area contributed by atoms with Gasteiger partial charge in [-0.25, -0.2) is 8.42 Å². The number of sulfonamides is 1. The first-order valence-electron chi connectivity index (χ1n) is 16.8. The summed E-state index contributed by atoms with van der Waals surface area (Å²) in [6.45, 7) is 3.92. The van der Waals surface area contributed by atoms with E-state index in [1.54, 1.807) is 41.3 Å². The molecule has 49 heavy (non-hydrogen) atoms. The molecule has 10 heteroatoms. The summed E-state index contributed by atoms with van der Waals surface area (Å²) in [5, 5.41) is 3.25. The van der Waals surface area contributed by atoms with Crippen molar-refractivity contribution in [2.75, 3.05) is 17.5 Å². The molecule has 0 radical (unpaired) electrons. The minimum absolute atomic E-state index is 0.0357. The molecule has 0 bridgehead atoms. The number of amides is 2. The van der Waals surface area contributed by atoms with Crippen LogP contribution in [0.3, 0.4) is 0 Å². The summed E-state index contributed by atoms with van der Waals surface area (Å²) in [6.07, 6.45) is 5.31. The Labute approximate surface area is 298 Å². The smallest absolute Gasteiger partial charge is 0.264 e. The van der Waals surface area contributed by atoms with Crippen molar-refractivity contribution in [3.05, 3.63) is 124 Å². The third-order valence-corrected chi connectivity index (χ3v) is 11.1. The molecule has 1 aliphatic carbocycles. The highest BCUT2D eigenvalue weighted by Gasteiger charge is 2.35. The molecule has 1 fully saturated rings. The molecule has 0 spiro atoms. The van der Waals surface area contributed by atoms with E-state index >= 15 is 0 Å². The minimum atomic E-state index is -4.21. The summed E-state index contributed by atoms with van der Waals surface area (Å²) in [5.41, 5.74) is 3.07. The Morgan fingerprint density at radius 3 is 2.20 bits per heavy atom. The van der Waals surface area contributed by atoms with Gasteiger partial charge in [0.2, 0.25) is 11.8 Å². The van der Waals surface area contributed by atoms with Crippen LogP contribution < -0.4 is 14.4 Å². The summed E-state index contributed by atoms with van der Waals surface area (Å²) >= 11 is 3.38. The van der Waals surface area contributed by atoms with Crippen molar-refractivity contribution in [2.24, 2.45) is 0 Å². The van der Waals surface area contributed by atoms with Crippen LogP contribution >= 0.6 is 15.9 Å². The maximum atomic E-state index is 14.8. The van der Waals surface area contributed by atoms with Crippen LogP contribution in [0, 0.1) is 6.92 Å². The van der Waals surface area contributed by atoms with E-state index in [4.69, 9.17) is 4.74 Å². The lowest BCUT2D eigenvalue weighted by Gasteiger charge is -2.35. The second-order valence-corrected chi connectivity index (χ2v) is 15.2. The van der Waals surface area contributed by atoms with Gasteiger partial charge in [0, 0.05) is 23.5 Å². The molecule has 258 valence electrons. The fraction of sp³-hybridized carbons (Fsp3) is 0.333. The van der Waals surface area contributed by atoms with Crippen molar-refractivity contribution in [2.45, 2.75) is 75.9 Å². The van der Waals surface area contributed by atoms with Gasteiger partial charge in [0.05, 0.1) is 17.2 Å². The number of rotatable bonds is 14. The average Bonchev–Trinajstić information content (AvgIpc) is 3.10. The fourth-order valence-electron chi connectivity index (χ4n) is 6.24. The molecule has 0 aromatic heterocycles. The van der Waals surface area contributed by atoms with Crippen LogP contribution in [0.1, 0.15) is 55.7 Å². The van der Waals surface area contributed by atoms with E-state index in [9.17, 15) is 18.0 Å². The predicted octanol–water partition coefficient (Wildman–Crippen LogP) is 7.44. The lowest BCUT2D eigenvalue weighted by atomic mass is 9.94. The normalized spacial score (nSPS) is 14.1. The van der Waals surface area contributed by atoms with E-state index in [1.165, 1.54) is 12.1 Å². The molecule has 4 aromatic carbocycles. The topological polar surface area (TPSA) is 96.0 Å². The molecule has 1 atom stereocenters. The summed E-state index contributed by atoms with van der Waals surface area (Å²) in [5.74, 6) is -0.141. The molecule has 0 unspecified atom stereocenters. The van der Waals surface area contributed by atoms with Crippen LogP contribution in [0.4, 0.5) is 5.69 Å². The van der Waals surface area contributed by atoms with E-state index in [2.05, 4.69) is 21.2 Å². The van der Waals surface area contributed by atoms with Crippen molar-refractivity contribution in [1.29, 1.82) is 0 Å². The molecule has 1 N–H and O–H groups in total. The number of halogens is 1. The zero-order valence-electron chi connectivity index (χ0n) is 28.1. The molecule has 0 aliphatic heterocycles. The van der Waals surface area contributed by atoms with E-state index in [1.807, 2.05) is 68.4 Å². The second-order valence-electron chi connectivity index (χ2n) is 12.5. The number of hydrogen-bond donors (Lipinski definition) is 1. The van der Waals surface area contributed by atoms with E-state index in [0.29, 0.717) is 18.0 Å². The summed E-state index contributed by atoms with van der Waals surface area (Å²) in [6, 6.07) is 29.6. The SMILES string of the molecule is CCOc1ccc(N(CC(=O)N(Cc2cccc(C)c2)[C@H](Cc2ccccc2)C(=O)NC2CCCCC2)S(=O)(=O)c2ccc(Br)cc2)cc1. The summed E-state index contributed by atoms with van der Waals surface area (Å²) < 4.78 is 36.1. The Hall–Kier alpha value is -4.15. The van der Waals surface area contributed by atoms with Gasteiger partial charge in [0.15, 0.2) is 0 Å². The Kier molecular flexibility index (Phi) is 12.5. The molecule has 0 saturated heterocycles. The van der Waals surface area contributed by atoms with Crippen LogP contribution in [0.5, 0.6) is 5.75 Å². The van der Waals surface area contributed by atoms with Gasteiger partial charge in [-0.1, -0.05) is 95.4 Å². The monoisotopic (exact) mass is 745 g/mol. The van der Waals surface area contributed by atoms with Gasteiger partial charge in [-0.05, 0) is 86.3 Å². The molecule has 5 rings (SSSR count). The predicted molar refractivity (Wildman–Crippen MR) is 197 cm³/mol. The largest absolute Gasteiger partial charge is 0.494 e. The standard InChI is InChI=1S/C39H44BrN3O5S/c1-3-48-35-21-19-34(20-22-35)43(49(46,47)36-23-17-32(40)18-24-36)28-38(44)42(27-31-14-10-11-29(2)25-31)37(26-30-12-6-4-7-13-30)39(45)41-33-15-8-5-9-16-33/h4,6-7,10-14,17-25,33,37H,3,5,8-9,15-16,26-28H2,1-2H3,(H,41,45)/t37-/m1/s1. The zero-order chi connectivity index (χ0) is 34.8. The van der Waals surface area contributed by atoms with E-state index < -0.39 is 28.5 Å². The quantitative estimate of drug-likeness (QED) is 0.145. The van der Waals surface area contributed by atoms with Gasteiger partial charge in [-0.15, -0.1) is 0 Å². The molecule has 4 aromatic rings. The van der Waals surface area contributed by atoms with Gasteiger partial charge in [0.1, 0.15) is 18.3 Å². The number of nitrogens with zero attached hydrogens (tertiary/aromatic N) is 2. The van der Waals surface area contributed by atoms with Crippen LogP contribution in [-0.2, 0) is 32.6 Å². The number of anilines is 1. The van der Waals surface area contributed by atoms with Gasteiger partial charge >= 0.3 is 0 Å². The minimum Gasteiger partial charge on any atom is -0.494 e. The lowest BCUT2D eigenvalue weighted by Crippen LogP contribution is -2.55. The Morgan fingerprint density at radius 1 is 0.878 bits per heavy atom. The van der Waals surface area contributed by atoms with Gasteiger partial charge < -0.3 is 15.0 Å². The molecular formula is C39H44BrN3O5S. The molecule has 2 amide bonds. The van der Waals surface area contributed by atoms with Crippen LogP contribution in [-0.4, -0.2) is 50.4 Å². The Balaban J connectivity index is 1.56. The van der Waals surface area contributed by atoms with Crippen LogP contribution in [0.15, 0.2) is 112 Å². The van der Waals surface area contributed by atoms with Gasteiger partial charge in [-0.2, -0.15) is 0 Å². The van der Waals surface area contributed by atoms with Crippen LogP contribution in [0.2, 0.25) is 0 Å². The maximum absolute atomic E-state index is 14.8. The molecular weight excluding hydrogens is 702 g/mol. The third kappa shape index (κ3) is 9.73. The van der Waals surface area contributed by atoms with Crippen molar-refractivity contribution < 1.29 is 22.7 Å². The number of hydrogen-bond acceptors (Lipinski definition) is 5. The number of ether oxygens (including phenoxy) is 1. The summed E-state index contributed by atoms with van der Waals surface area (Å²) in [4.78, 5) is 30.6. The second kappa shape index (κ2) is 17.0. The van der Waals surface area contributed by atoms with E-state index in [0.717, 1.165) is 57.6 Å². The number of carbonyl (C=O) groups excluding carboxylic acids is 2. The van der Waals surface area contributed by atoms with Crippen molar-refractivity contribution >= 4 is 43.5 Å². The van der Waals surface area contributed by atoms with Gasteiger partial charge in [-0.3, -0.25) is 13.9 Å². The van der Waals surface area contributed by atoms with Crippen molar-refractivity contribution in [3.8, 4) is 5.75 Å². The maximum Gasteiger partial charge on any atom is 0.264 e.